The lowest BCUT2D eigenvalue weighted by Crippen LogP contribution is -2.16. The molecular formula is C15H14N2S. The summed E-state index contributed by atoms with van der Waals surface area (Å²) in [6, 6.07) is 12.9. The van der Waals surface area contributed by atoms with Crippen LogP contribution in [0.5, 0.6) is 0 Å². The molecule has 0 aliphatic carbocycles. The van der Waals surface area contributed by atoms with E-state index in [1.807, 2.05) is 19.3 Å². The second kappa shape index (κ2) is 4.88. The van der Waals surface area contributed by atoms with E-state index in [1.54, 1.807) is 11.3 Å². The van der Waals surface area contributed by atoms with E-state index in [4.69, 9.17) is 0 Å². The zero-order valence-corrected chi connectivity index (χ0v) is 10.9. The van der Waals surface area contributed by atoms with Gasteiger partial charge in [-0.3, -0.25) is 4.98 Å². The molecule has 3 aromatic rings. The molecular weight excluding hydrogens is 240 g/mol. The molecule has 2 heterocycles. The minimum absolute atomic E-state index is 0.251. The normalized spacial score (nSPS) is 12.7. The maximum Gasteiger partial charge on any atom is 0.0702 e. The van der Waals surface area contributed by atoms with Crippen LogP contribution in [0.1, 0.15) is 17.2 Å². The Balaban J connectivity index is 2.07. The van der Waals surface area contributed by atoms with Crippen molar-refractivity contribution in [1.82, 2.24) is 10.3 Å². The molecule has 18 heavy (non-hydrogen) atoms. The predicted molar refractivity (Wildman–Crippen MR) is 77.0 cm³/mol. The lowest BCUT2D eigenvalue weighted by Gasteiger charge is -2.16. The van der Waals surface area contributed by atoms with Gasteiger partial charge in [0, 0.05) is 11.6 Å². The number of rotatable bonds is 3. The summed E-state index contributed by atoms with van der Waals surface area (Å²) in [5, 5.41) is 8.86. The van der Waals surface area contributed by atoms with Gasteiger partial charge in [-0.2, -0.15) is 11.3 Å². The highest BCUT2D eigenvalue weighted by atomic mass is 32.1. The van der Waals surface area contributed by atoms with E-state index in [-0.39, 0.29) is 6.04 Å². The molecule has 1 unspecified atom stereocenters. The molecule has 3 heteroatoms. The fourth-order valence-corrected chi connectivity index (χ4v) is 2.92. The number of benzene rings is 1. The van der Waals surface area contributed by atoms with E-state index in [2.05, 4.69) is 51.4 Å². The first kappa shape index (κ1) is 11.4. The summed E-state index contributed by atoms with van der Waals surface area (Å²) in [6.45, 7) is 0. The number of nitrogens with one attached hydrogen (secondary N) is 1. The molecule has 0 aliphatic rings. The zero-order valence-electron chi connectivity index (χ0n) is 10.1. The van der Waals surface area contributed by atoms with E-state index in [1.165, 1.54) is 16.5 Å². The monoisotopic (exact) mass is 254 g/mol. The zero-order chi connectivity index (χ0) is 12.4. The summed E-state index contributed by atoms with van der Waals surface area (Å²) in [4.78, 5) is 4.35. The molecule has 2 nitrogen and oxygen atoms in total. The maximum atomic E-state index is 4.35. The molecule has 0 fully saturated rings. The molecule has 1 aromatic carbocycles. The van der Waals surface area contributed by atoms with Crippen LogP contribution < -0.4 is 5.32 Å². The molecule has 90 valence electrons. The van der Waals surface area contributed by atoms with Crippen LogP contribution in [-0.4, -0.2) is 12.0 Å². The quantitative estimate of drug-likeness (QED) is 0.772. The second-order valence-electron chi connectivity index (χ2n) is 4.23. The maximum absolute atomic E-state index is 4.35. The largest absolute Gasteiger partial charge is 0.309 e. The number of fused-ring (bicyclic) bond motifs is 1. The Kier molecular flexibility index (Phi) is 3.09. The van der Waals surface area contributed by atoms with Gasteiger partial charge in [-0.1, -0.05) is 12.1 Å². The first-order valence-electron chi connectivity index (χ1n) is 5.92. The molecule has 0 radical (unpaired) electrons. The van der Waals surface area contributed by atoms with E-state index >= 15 is 0 Å². The Morgan fingerprint density at radius 2 is 2.11 bits per heavy atom. The minimum atomic E-state index is 0.251. The molecule has 0 saturated carbocycles. The van der Waals surface area contributed by atoms with Gasteiger partial charge in [0.1, 0.15) is 0 Å². The number of hydrogen-bond donors (Lipinski definition) is 1. The molecule has 2 aromatic heterocycles. The van der Waals surface area contributed by atoms with Crippen LogP contribution in [0, 0.1) is 0 Å². The Morgan fingerprint density at radius 3 is 2.89 bits per heavy atom. The van der Waals surface area contributed by atoms with E-state index < -0.39 is 0 Å². The number of aromatic nitrogens is 1. The Labute approximate surface area is 110 Å². The first-order chi connectivity index (χ1) is 8.88. The third kappa shape index (κ3) is 2.03. The van der Waals surface area contributed by atoms with Crippen LogP contribution in [0.25, 0.3) is 10.9 Å². The third-order valence-electron chi connectivity index (χ3n) is 3.13. The van der Waals surface area contributed by atoms with Crippen molar-refractivity contribution in [2.24, 2.45) is 0 Å². The molecule has 1 N–H and O–H groups in total. The van der Waals surface area contributed by atoms with Gasteiger partial charge >= 0.3 is 0 Å². The van der Waals surface area contributed by atoms with Gasteiger partial charge in [-0.15, -0.1) is 0 Å². The van der Waals surface area contributed by atoms with Crippen LogP contribution in [0.4, 0.5) is 0 Å². The summed E-state index contributed by atoms with van der Waals surface area (Å²) in [5.41, 5.74) is 3.63. The van der Waals surface area contributed by atoms with E-state index in [0.29, 0.717) is 0 Å². The third-order valence-corrected chi connectivity index (χ3v) is 3.83. The Bertz CT molecular complexity index is 646. The molecule has 0 aliphatic heterocycles. The van der Waals surface area contributed by atoms with Crippen molar-refractivity contribution in [3.05, 3.63) is 64.5 Å². The van der Waals surface area contributed by atoms with Crippen molar-refractivity contribution in [3.8, 4) is 0 Å². The SMILES string of the molecule is CNC(c1ccsc1)c1ccc2ncccc2c1. The Hall–Kier alpha value is -1.71. The van der Waals surface area contributed by atoms with E-state index in [9.17, 15) is 0 Å². The predicted octanol–water partition coefficient (Wildman–Crippen LogP) is 3.61. The molecule has 0 bridgehead atoms. The van der Waals surface area contributed by atoms with Crippen LogP contribution >= 0.6 is 11.3 Å². The fraction of sp³-hybridized carbons (Fsp3) is 0.133. The highest BCUT2D eigenvalue weighted by Gasteiger charge is 2.12. The van der Waals surface area contributed by atoms with Crippen molar-refractivity contribution >= 4 is 22.2 Å². The van der Waals surface area contributed by atoms with Gasteiger partial charge in [0.05, 0.1) is 11.6 Å². The van der Waals surface area contributed by atoms with Gasteiger partial charge in [-0.05, 0) is 53.2 Å². The van der Waals surface area contributed by atoms with Crippen molar-refractivity contribution in [1.29, 1.82) is 0 Å². The molecule has 0 amide bonds. The minimum Gasteiger partial charge on any atom is -0.309 e. The number of hydrogen-bond acceptors (Lipinski definition) is 3. The summed E-state index contributed by atoms with van der Waals surface area (Å²) in [6.07, 6.45) is 1.83. The van der Waals surface area contributed by atoms with Gasteiger partial charge in [0.15, 0.2) is 0 Å². The average Bonchev–Trinajstić information content (AvgIpc) is 2.93. The van der Waals surface area contributed by atoms with E-state index in [0.717, 1.165) is 5.52 Å². The lowest BCUT2D eigenvalue weighted by atomic mass is 10.00. The smallest absolute Gasteiger partial charge is 0.0702 e. The fourth-order valence-electron chi connectivity index (χ4n) is 2.24. The molecule has 3 rings (SSSR count). The van der Waals surface area contributed by atoms with Gasteiger partial charge in [0.25, 0.3) is 0 Å². The van der Waals surface area contributed by atoms with Crippen molar-refractivity contribution < 1.29 is 0 Å². The van der Waals surface area contributed by atoms with Gasteiger partial charge in [-0.25, -0.2) is 0 Å². The molecule has 0 spiro atoms. The molecule has 0 saturated heterocycles. The van der Waals surface area contributed by atoms with Crippen molar-refractivity contribution in [2.45, 2.75) is 6.04 Å². The first-order valence-corrected chi connectivity index (χ1v) is 6.87. The standard InChI is InChI=1S/C15H14N2S/c1-16-15(13-6-8-18-10-13)12-4-5-14-11(9-12)3-2-7-17-14/h2-10,15-16H,1H3. The van der Waals surface area contributed by atoms with Crippen LogP contribution in [0.15, 0.2) is 53.4 Å². The summed E-state index contributed by atoms with van der Waals surface area (Å²) >= 11 is 1.73. The van der Waals surface area contributed by atoms with Crippen molar-refractivity contribution in [3.63, 3.8) is 0 Å². The summed E-state index contributed by atoms with van der Waals surface area (Å²) in [7, 11) is 2.00. The number of thiophene rings is 1. The van der Waals surface area contributed by atoms with Crippen molar-refractivity contribution in [2.75, 3.05) is 7.05 Å². The highest BCUT2D eigenvalue weighted by Crippen LogP contribution is 2.26. The lowest BCUT2D eigenvalue weighted by molar-refractivity contribution is 0.695. The highest BCUT2D eigenvalue weighted by molar-refractivity contribution is 7.08. The summed E-state index contributed by atoms with van der Waals surface area (Å²) in [5.74, 6) is 0. The number of pyridine rings is 1. The van der Waals surface area contributed by atoms with Crippen LogP contribution in [0.3, 0.4) is 0 Å². The Morgan fingerprint density at radius 1 is 1.17 bits per heavy atom. The number of nitrogens with zero attached hydrogens (tertiary/aromatic N) is 1. The van der Waals surface area contributed by atoms with Crippen LogP contribution in [-0.2, 0) is 0 Å². The van der Waals surface area contributed by atoms with Crippen LogP contribution in [0.2, 0.25) is 0 Å². The summed E-state index contributed by atoms with van der Waals surface area (Å²) < 4.78 is 0. The average molecular weight is 254 g/mol. The topological polar surface area (TPSA) is 24.9 Å². The van der Waals surface area contributed by atoms with Gasteiger partial charge < -0.3 is 5.32 Å². The molecule has 1 atom stereocenters. The van der Waals surface area contributed by atoms with Gasteiger partial charge in [0.2, 0.25) is 0 Å². The second-order valence-corrected chi connectivity index (χ2v) is 5.01.